The average molecular weight is 320 g/mol. The minimum absolute atomic E-state index is 0.405. The summed E-state index contributed by atoms with van der Waals surface area (Å²) in [5, 5.41) is 20.6. The van der Waals surface area contributed by atoms with E-state index in [1.54, 1.807) is 0 Å². The zero-order chi connectivity index (χ0) is 16.5. The highest BCUT2D eigenvalue weighted by Crippen LogP contribution is 2.68. The Hall–Kier alpha value is -0.570. The predicted octanol–water partition coefficient (Wildman–Crippen LogP) is 4.23. The fourth-order valence-electron chi connectivity index (χ4n) is 7.66. The van der Waals surface area contributed by atoms with Crippen molar-refractivity contribution >= 4 is 5.97 Å². The molecule has 4 fully saturated rings. The van der Waals surface area contributed by atoms with Crippen molar-refractivity contribution in [1.82, 2.24) is 0 Å². The fraction of sp³-hybridized carbons (Fsp3) is 0.950. The summed E-state index contributed by atoms with van der Waals surface area (Å²) >= 11 is 0. The minimum atomic E-state index is -1.49. The maximum Gasteiger partial charge on any atom is 0.336 e. The van der Waals surface area contributed by atoms with Crippen LogP contribution in [0.1, 0.15) is 78.1 Å². The molecule has 0 saturated heterocycles. The van der Waals surface area contributed by atoms with E-state index in [1.165, 1.54) is 38.5 Å². The van der Waals surface area contributed by atoms with Crippen LogP contribution in [0.25, 0.3) is 0 Å². The van der Waals surface area contributed by atoms with E-state index >= 15 is 0 Å². The van der Waals surface area contributed by atoms with Crippen LogP contribution in [0.3, 0.4) is 0 Å². The first-order valence-corrected chi connectivity index (χ1v) is 9.79. The molecule has 4 aliphatic carbocycles. The molecular weight excluding hydrogens is 288 g/mol. The summed E-state index contributed by atoms with van der Waals surface area (Å²) in [4.78, 5) is 11.8. The third-order valence-corrected chi connectivity index (χ3v) is 9.09. The van der Waals surface area contributed by atoms with Crippen LogP contribution in [0.15, 0.2) is 0 Å². The molecule has 2 N–H and O–H groups in total. The van der Waals surface area contributed by atoms with E-state index in [1.807, 2.05) is 0 Å². The molecule has 23 heavy (non-hydrogen) atoms. The molecule has 0 aromatic heterocycles. The van der Waals surface area contributed by atoms with Gasteiger partial charge in [0.15, 0.2) is 5.60 Å². The molecule has 0 aliphatic heterocycles. The molecular formula is C20H32O3. The number of hydrogen-bond acceptors (Lipinski definition) is 2. The average Bonchev–Trinajstić information content (AvgIpc) is 2.80. The topological polar surface area (TPSA) is 57.5 Å². The largest absolute Gasteiger partial charge is 0.479 e. The van der Waals surface area contributed by atoms with Crippen molar-refractivity contribution in [2.75, 3.05) is 0 Å². The van der Waals surface area contributed by atoms with Gasteiger partial charge in [-0.25, -0.2) is 4.79 Å². The molecule has 7 atom stereocenters. The molecule has 0 aromatic rings. The molecule has 3 heteroatoms. The Morgan fingerprint density at radius 2 is 1.65 bits per heavy atom. The molecule has 0 amide bonds. The second-order valence-electron chi connectivity index (χ2n) is 9.56. The van der Waals surface area contributed by atoms with E-state index < -0.39 is 17.0 Å². The van der Waals surface area contributed by atoms with Crippen molar-refractivity contribution in [2.24, 2.45) is 34.5 Å². The number of fused-ring (bicyclic) bond motifs is 5. The number of aliphatic carboxylic acids is 1. The lowest BCUT2D eigenvalue weighted by Crippen LogP contribution is -2.58. The van der Waals surface area contributed by atoms with Gasteiger partial charge in [-0.3, -0.25) is 0 Å². The van der Waals surface area contributed by atoms with Gasteiger partial charge in [-0.15, -0.1) is 0 Å². The molecule has 0 aromatic carbocycles. The number of carboxylic acid groups (broad SMARTS) is 1. The Morgan fingerprint density at radius 3 is 2.39 bits per heavy atom. The van der Waals surface area contributed by atoms with Gasteiger partial charge in [0, 0.05) is 5.41 Å². The summed E-state index contributed by atoms with van der Waals surface area (Å²) in [6.45, 7) is 4.61. The Balaban J connectivity index is 1.67. The highest BCUT2D eigenvalue weighted by Gasteiger charge is 2.66. The van der Waals surface area contributed by atoms with Crippen LogP contribution in [0.5, 0.6) is 0 Å². The monoisotopic (exact) mass is 320 g/mol. The highest BCUT2D eigenvalue weighted by molar-refractivity contribution is 5.79. The molecule has 130 valence electrons. The van der Waals surface area contributed by atoms with Crippen molar-refractivity contribution in [2.45, 2.75) is 83.7 Å². The summed E-state index contributed by atoms with van der Waals surface area (Å²) in [6.07, 6.45) is 11.5. The summed E-state index contributed by atoms with van der Waals surface area (Å²) < 4.78 is 0. The summed E-state index contributed by atoms with van der Waals surface area (Å²) in [7, 11) is 0. The van der Waals surface area contributed by atoms with E-state index in [2.05, 4.69) is 13.8 Å². The van der Waals surface area contributed by atoms with Crippen LogP contribution >= 0.6 is 0 Å². The van der Waals surface area contributed by atoms with Gasteiger partial charge >= 0.3 is 5.97 Å². The van der Waals surface area contributed by atoms with Crippen LogP contribution in [0, 0.1) is 34.5 Å². The van der Waals surface area contributed by atoms with Gasteiger partial charge in [-0.05, 0) is 80.5 Å². The molecule has 4 rings (SSSR count). The van der Waals surface area contributed by atoms with Crippen molar-refractivity contribution in [3.63, 3.8) is 0 Å². The Bertz CT molecular complexity index is 517. The number of carboxylic acids is 1. The quantitative estimate of drug-likeness (QED) is 0.760. The standard InChI is InChI=1S/C20H32O3/c1-18-10-4-3-5-13(18)6-7-14-15(18)8-11-19(2)16(14)9-12-20(19,23)17(21)22/h13-16,23H,3-12H2,1-2H3,(H,21,22)/t13?,14-,15-,16+,18+,19+,20?/m1/s1. The lowest BCUT2D eigenvalue weighted by molar-refractivity contribution is -0.186. The van der Waals surface area contributed by atoms with Gasteiger partial charge in [0.1, 0.15) is 0 Å². The summed E-state index contributed by atoms with van der Waals surface area (Å²) in [6, 6.07) is 0. The predicted molar refractivity (Wildman–Crippen MR) is 88.9 cm³/mol. The fourth-order valence-corrected chi connectivity index (χ4v) is 7.66. The van der Waals surface area contributed by atoms with Gasteiger partial charge in [0.2, 0.25) is 0 Å². The van der Waals surface area contributed by atoms with E-state index in [0.29, 0.717) is 23.7 Å². The normalized spacial score (nSPS) is 55.6. The second-order valence-corrected chi connectivity index (χ2v) is 9.56. The zero-order valence-electron chi connectivity index (χ0n) is 14.7. The molecule has 4 saturated carbocycles. The lowest BCUT2D eigenvalue weighted by atomic mass is 9.44. The van der Waals surface area contributed by atoms with Gasteiger partial charge in [0.05, 0.1) is 0 Å². The molecule has 0 heterocycles. The molecule has 4 aliphatic rings. The second kappa shape index (κ2) is 4.97. The summed E-state index contributed by atoms with van der Waals surface area (Å²) in [5.74, 6) is 1.71. The Morgan fingerprint density at radius 1 is 0.913 bits per heavy atom. The Labute approximate surface area is 139 Å². The Kier molecular flexibility index (Phi) is 3.44. The maximum atomic E-state index is 11.8. The van der Waals surface area contributed by atoms with E-state index in [0.717, 1.165) is 31.1 Å². The highest BCUT2D eigenvalue weighted by atomic mass is 16.4. The third-order valence-electron chi connectivity index (χ3n) is 9.09. The van der Waals surface area contributed by atoms with Gasteiger partial charge in [-0.2, -0.15) is 0 Å². The van der Waals surface area contributed by atoms with Crippen molar-refractivity contribution < 1.29 is 15.0 Å². The maximum absolute atomic E-state index is 11.8. The first kappa shape index (κ1) is 15.9. The molecule has 0 bridgehead atoms. The van der Waals surface area contributed by atoms with Crippen LogP contribution in [-0.2, 0) is 4.79 Å². The third kappa shape index (κ3) is 1.89. The van der Waals surface area contributed by atoms with Gasteiger partial charge in [0.25, 0.3) is 0 Å². The number of hydrogen-bond donors (Lipinski definition) is 2. The van der Waals surface area contributed by atoms with Crippen molar-refractivity contribution in [3.05, 3.63) is 0 Å². The van der Waals surface area contributed by atoms with Gasteiger partial charge < -0.3 is 10.2 Å². The van der Waals surface area contributed by atoms with Gasteiger partial charge in [-0.1, -0.05) is 26.7 Å². The first-order valence-electron chi connectivity index (χ1n) is 9.79. The van der Waals surface area contributed by atoms with E-state index in [-0.39, 0.29) is 0 Å². The lowest BCUT2D eigenvalue weighted by Gasteiger charge is -2.60. The smallest absolute Gasteiger partial charge is 0.336 e. The minimum Gasteiger partial charge on any atom is -0.479 e. The van der Waals surface area contributed by atoms with Crippen LogP contribution in [-0.4, -0.2) is 21.8 Å². The number of rotatable bonds is 1. The van der Waals surface area contributed by atoms with E-state index in [4.69, 9.17) is 0 Å². The molecule has 3 nitrogen and oxygen atoms in total. The molecule has 0 spiro atoms. The molecule has 0 radical (unpaired) electrons. The van der Waals surface area contributed by atoms with Crippen LogP contribution < -0.4 is 0 Å². The first-order chi connectivity index (χ1) is 10.8. The SMILES string of the molecule is C[C@]12CCCCC1CC[C@@H]1[C@H]2CC[C@@]2(C)[C@H]1CCC2(O)C(=O)O. The zero-order valence-corrected chi connectivity index (χ0v) is 14.7. The van der Waals surface area contributed by atoms with Crippen LogP contribution in [0.4, 0.5) is 0 Å². The number of aliphatic hydroxyl groups is 1. The van der Waals surface area contributed by atoms with Crippen molar-refractivity contribution in [1.29, 1.82) is 0 Å². The van der Waals surface area contributed by atoms with Crippen molar-refractivity contribution in [3.8, 4) is 0 Å². The number of carbonyl (C=O) groups is 1. The van der Waals surface area contributed by atoms with Crippen LogP contribution in [0.2, 0.25) is 0 Å². The summed E-state index contributed by atoms with van der Waals surface area (Å²) in [5.41, 5.74) is -1.43. The molecule has 2 unspecified atom stereocenters. The van der Waals surface area contributed by atoms with E-state index in [9.17, 15) is 15.0 Å².